The van der Waals surface area contributed by atoms with Crippen molar-refractivity contribution in [3.8, 4) is 17.1 Å². The van der Waals surface area contributed by atoms with Crippen molar-refractivity contribution in [2.45, 2.75) is 44.8 Å². The SMILES string of the molecule is CC(CC(F)Cn1cc(F)c2cc(-c3ncc(C(F)F)c(N)n3)c(F)cc2c1=O)Oc1cn[nH]c(=O)c1C(F)(F)F. The molecule has 2 atom stereocenters. The lowest BCUT2D eigenvalue weighted by Gasteiger charge is -2.19. The van der Waals surface area contributed by atoms with E-state index >= 15 is 0 Å². The highest BCUT2D eigenvalue weighted by atomic mass is 19.4. The molecular formula is C24H18F8N6O3. The summed E-state index contributed by atoms with van der Waals surface area (Å²) in [4.78, 5) is 31.7. The average molecular weight is 590 g/mol. The number of aromatic nitrogens is 5. The molecular weight excluding hydrogens is 572 g/mol. The van der Waals surface area contributed by atoms with E-state index < -0.39 is 105 Å². The van der Waals surface area contributed by atoms with Gasteiger partial charge in [-0.25, -0.2) is 37.0 Å². The van der Waals surface area contributed by atoms with Gasteiger partial charge in [0.15, 0.2) is 17.1 Å². The zero-order valence-corrected chi connectivity index (χ0v) is 20.6. The number of nitrogens with two attached hydrogens (primary N) is 1. The van der Waals surface area contributed by atoms with Crippen LogP contribution in [0.25, 0.3) is 22.2 Å². The first-order valence-corrected chi connectivity index (χ1v) is 11.6. The molecule has 0 fully saturated rings. The van der Waals surface area contributed by atoms with Crippen LogP contribution in [0.4, 0.5) is 40.9 Å². The normalized spacial score (nSPS) is 13.5. The molecule has 0 saturated carbocycles. The molecule has 0 aliphatic carbocycles. The molecule has 0 spiro atoms. The summed E-state index contributed by atoms with van der Waals surface area (Å²) < 4.78 is 116. The number of alkyl halides is 6. The van der Waals surface area contributed by atoms with Crippen LogP contribution in [-0.2, 0) is 12.7 Å². The highest BCUT2D eigenvalue weighted by molar-refractivity contribution is 5.86. The number of halogens is 8. The smallest absolute Gasteiger partial charge is 0.425 e. The van der Waals surface area contributed by atoms with Crippen molar-refractivity contribution >= 4 is 16.6 Å². The molecule has 1 aromatic carbocycles. The van der Waals surface area contributed by atoms with E-state index in [4.69, 9.17) is 10.5 Å². The van der Waals surface area contributed by atoms with Gasteiger partial charge in [-0.15, -0.1) is 0 Å². The molecule has 41 heavy (non-hydrogen) atoms. The number of hydrogen-bond donors (Lipinski definition) is 2. The second-order valence-corrected chi connectivity index (χ2v) is 8.84. The van der Waals surface area contributed by atoms with E-state index in [-0.39, 0.29) is 0 Å². The minimum absolute atomic E-state index is 0.406. The Balaban J connectivity index is 1.57. The molecule has 2 unspecified atom stereocenters. The number of nitrogens with one attached hydrogen (secondary N) is 1. The highest BCUT2D eigenvalue weighted by Gasteiger charge is 2.38. The fraction of sp³-hybridized carbons (Fsp3) is 0.292. The van der Waals surface area contributed by atoms with Crippen molar-refractivity contribution in [3.63, 3.8) is 0 Å². The highest BCUT2D eigenvalue weighted by Crippen LogP contribution is 2.33. The van der Waals surface area contributed by atoms with Crippen LogP contribution in [0.1, 0.15) is 30.9 Å². The zero-order chi connectivity index (χ0) is 30.2. The van der Waals surface area contributed by atoms with Gasteiger partial charge in [0.05, 0.1) is 35.4 Å². The summed E-state index contributed by atoms with van der Waals surface area (Å²) in [6.45, 7) is 0.425. The number of aromatic amines is 1. The van der Waals surface area contributed by atoms with E-state index in [1.165, 1.54) is 6.92 Å². The molecule has 17 heteroatoms. The summed E-state index contributed by atoms with van der Waals surface area (Å²) >= 11 is 0. The largest absolute Gasteiger partial charge is 0.488 e. The Morgan fingerprint density at radius 3 is 2.41 bits per heavy atom. The van der Waals surface area contributed by atoms with Gasteiger partial charge in [0, 0.05) is 24.2 Å². The van der Waals surface area contributed by atoms with Gasteiger partial charge in [-0.1, -0.05) is 0 Å². The molecule has 0 amide bonds. The molecule has 4 rings (SSSR count). The Morgan fingerprint density at radius 1 is 1.07 bits per heavy atom. The van der Waals surface area contributed by atoms with Gasteiger partial charge < -0.3 is 15.0 Å². The molecule has 3 heterocycles. The standard InChI is InChI=1S/C24H18F8N6O3/c1-9(41-17-6-35-37-22(39)18(17)24(30,31)32)2-10(25)7-38-8-16(27)11-3-13(15(26)4-12(11)23(38)40)21-34-5-14(19(28)29)20(33)36-21/h3-6,8-10,19H,2,7H2,1H3,(H,37,39)(H2,33,34,36). The Morgan fingerprint density at radius 2 is 1.78 bits per heavy atom. The third-order valence-corrected chi connectivity index (χ3v) is 5.86. The molecule has 3 N–H and O–H groups in total. The first kappa shape index (κ1) is 29.4. The molecule has 0 radical (unpaired) electrons. The third kappa shape index (κ3) is 6.12. The van der Waals surface area contributed by atoms with Gasteiger partial charge in [0.25, 0.3) is 17.5 Å². The van der Waals surface area contributed by atoms with Gasteiger partial charge >= 0.3 is 6.18 Å². The monoisotopic (exact) mass is 590 g/mol. The van der Waals surface area contributed by atoms with Crippen molar-refractivity contribution < 1.29 is 39.9 Å². The summed E-state index contributed by atoms with van der Waals surface area (Å²) in [5.41, 5.74) is 0.0905. The predicted octanol–water partition coefficient (Wildman–Crippen LogP) is 4.55. The van der Waals surface area contributed by atoms with Crippen molar-refractivity contribution in [1.29, 1.82) is 0 Å². The van der Waals surface area contributed by atoms with Crippen LogP contribution in [0, 0.1) is 11.6 Å². The number of ether oxygens (including phenoxy) is 1. The number of fused-ring (bicyclic) bond motifs is 1. The topological polar surface area (TPSA) is 129 Å². The zero-order valence-electron chi connectivity index (χ0n) is 20.6. The number of benzene rings is 1. The van der Waals surface area contributed by atoms with Crippen LogP contribution in [0.3, 0.4) is 0 Å². The quantitative estimate of drug-likeness (QED) is 0.288. The van der Waals surface area contributed by atoms with Crippen LogP contribution in [-0.4, -0.2) is 37.0 Å². The summed E-state index contributed by atoms with van der Waals surface area (Å²) in [6, 6.07) is 1.52. The summed E-state index contributed by atoms with van der Waals surface area (Å²) in [6.07, 6.45) is -9.95. The van der Waals surface area contributed by atoms with Crippen LogP contribution >= 0.6 is 0 Å². The Hall–Kier alpha value is -4.57. The van der Waals surface area contributed by atoms with Crippen LogP contribution in [0.2, 0.25) is 0 Å². The van der Waals surface area contributed by atoms with E-state index in [2.05, 4.69) is 15.1 Å². The maximum atomic E-state index is 15.0. The molecule has 0 saturated heterocycles. The van der Waals surface area contributed by atoms with Gasteiger partial charge in [0.2, 0.25) is 0 Å². The van der Waals surface area contributed by atoms with Crippen molar-refractivity contribution in [2.75, 3.05) is 5.73 Å². The fourth-order valence-corrected chi connectivity index (χ4v) is 4.03. The average Bonchev–Trinajstić information content (AvgIpc) is 2.85. The van der Waals surface area contributed by atoms with Crippen molar-refractivity contribution in [2.24, 2.45) is 0 Å². The molecule has 0 aliphatic heterocycles. The van der Waals surface area contributed by atoms with E-state index in [9.17, 15) is 44.7 Å². The Kier molecular flexibility index (Phi) is 7.98. The molecule has 3 aromatic heterocycles. The lowest BCUT2D eigenvalue weighted by Crippen LogP contribution is -2.29. The molecule has 0 bridgehead atoms. The van der Waals surface area contributed by atoms with E-state index in [1.807, 2.05) is 0 Å². The second-order valence-electron chi connectivity index (χ2n) is 8.84. The number of pyridine rings is 1. The number of rotatable bonds is 8. The minimum Gasteiger partial charge on any atom is -0.488 e. The lowest BCUT2D eigenvalue weighted by atomic mass is 10.1. The number of hydrogen-bond acceptors (Lipinski definition) is 7. The van der Waals surface area contributed by atoms with E-state index in [1.54, 1.807) is 5.10 Å². The number of H-pyrrole nitrogens is 1. The number of nitrogens with zero attached hydrogens (tertiary/aromatic N) is 4. The van der Waals surface area contributed by atoms with Crippen LogP contribution in [0.15, 0.2) is 40.3 Å². The first-order chi connectivity index (χ1) is 19.2. The number of anilines is 1. The van der Waals surface area contributed by atoms with E-state index in [0.29, 0.717) is 29.2 Å². The molecule has 4 aromatic rings. The molecule has 0 aliphatic rings. The maximum Gasteiger partial charge on any atom is 0.425 e. The fourth-order valence-electron chi connectivity index (χ4n) is 4.03. The third-order valence-electron chi connectivity index (χ3n) is 5.86. The van der Waals surface area contributed by atoms with Crippen LogP contribution < -0.4 is 21.6 Å². The lowest BCUT2D eigenvalue weighted by molar-refractivity contribution is -0.140. The van der Waals surface area contributed by atoms with Gasteiger partial charge in [-0.05, 0) is 19.1 Å². The second kappa shape index (κ2) is 11.1. The van der Waals surface area contributed by atoms with Crippen molar-refractivity contribution in [3.05, 3.63) is 74.2 Å². The summed E-state index contributed by atoms with van der Waals surface area (Å²) in [5, 5.41) is 3.96. The summed E-state index contributed by atoms with van der Waals surface area (Å²) in [7, 11) is 0. The predicted molar refractivity (Wildman–Crippen MR) is 128 cm³/mol. The first-order valence-electron chi connectivity index (χ1n) is 11.6. The maximum absolute atomic E-state index is 15.0. The summed E-state index contributed by atoms with van der Waals surface area (Å²) in [5.74, 6) is -4.22. The van der Waals surface area contributed by atoms with Crippen molar-refractivity contribution in [1.82, 2.24) is 24.7 Å². The molecule has 9 nitrogen and oxygen atoms in total. The van der Waals surface area contributed by atoms with E-state index in [0.717, 1.165) is 6.07 Å². The minimum atomic E-state index is -5.08. The Bertz CT molecular complexity index is 1720. The van der Waals surface area contributed by atoms with Gasteiger partial charge in [-0.3, -0.25) is 9.59 Å². The van der Waals surface area contributed by atoms with Gasteiger partial charge in [-0.2, -0.15) is 18.3 Å². The van der Waals surface area contributed by atoms with Crippen LogP contribution in [0.5, 0.6) is 5.75 Å². The Labute approximate surface area is 223 Å². The van der Waals surface area contributed by atoms with Gasteiger partial charge in [0.1, 0.15) is 23.6 Å². The number of nitrogen functional groups attached to an aromatic ring is 1. The molecule has 218 valence electrons.